The summed E-state index contributed by atoms with van der Waals surface area (Å²) in [5.74, 6) is 0.758. The summed E-state index contributed by atoms with van der Waals surface area (Å²) in [6.07, 6.45) is 0. The molecule has 0 fully saturated rings. The molecule has 2 aliphatic rings. The Morgan fingerprint density at radius 2 is 0.884 bits per heavy atom. The van der Waals surface area contributed by atoms with Gasteiger partial charge in [0, 0.05) is 34.0 Å². The lowest BCUT2D eigenvalue weighted by atomic mass is 9.33. The highest BCUT2D eigenvalue weighted by Gasteiger charge is 2.45. The third-order valence-corrected chi connectivity index (χ3v) is 15.4. The van der Waals surface area contributed by atoms with Gasteiger partial charge < -0.3 is 9.80 Å². The molecule has 0 saturated heterocycles. The zero-order valence-electron chi connectivity index (χ0n) is 41.9. The van der Waals surface area contributed by atoms with E-state index in [1.165, 1.54) is 122 Å². The van der Waals surface area contributed by atoms with Crippen LogP contribution in [-0.4, -0.2) is 6.71 Å². The minimum atomic E-state index is -0.132. The second-order valence-electron chi connectivity index (χ2n) is 22.6. The normalized spacial score (nSPS) is 13.5. The maximum atomic E-state index is 2.66. The van der Waals surface area contributed by atoms with Gasteiger partial charge in [-0.2, -0.15) is 0 Å². The zero-order valence-corrected chi connectivity index (χ0v) is 41.9. The van der Waals surface area contributed by atoms with Crippen molar-refractivity contribution in [3.63, 3.8) is 0 Å². The Kier molecular flexibility index (Phi) is 9.84. The molecule has 2 nitrogen and oxygen atoms in total. The van der Waals surface area contributed by atoms with E-state index < -0.39 is 0 Å². The van der Waals surface area contributed by atoms with Crippen LogP contribution in [0.15, 0.2) is 176 Å². The second kappa shape index (κ2) is 15.7. The SMILES string of the molecule is CC(C)c1ccc2c(c1)B1c3cc(C(C)C)ccc3N(c3ccc(C(C)(C)C)cc3-c3cc4ccc5cccc6ccc(c3)c4c56)c3cc(C(C)(C)C)cc(c31)N2c1ccc(-c2ccccc2)cc1. The Morgan fingerprint density at radius 3 is 1.45 bits per heavy atom. The van der Waals surface area contributed by atoms with Crippen molar-refractivity contribution in [2.75, 3.05) is 9.80 Å². The van der Waals surface area contributed by atoms with Gasteiger partial charge in [-0.1, -0.05) is 184 Å². The van der Waals surface area contributed by atoms with E-state index in [4.69, 9.17) is 0 Å². The summed E-state index contributed by atoms with van der Waals surface area (Å²) < 4.78 is 0. The lowest BCUT2D eigenvalue weighted by Gasteiger charge is -2.46. The number of nitrogens with zero attached hydrogens (tertiary/aromatic N) is 2. The molecule has 10 aromatic rings. The largest absolute Gasteiger partial charge is 0.311 e. The molecule has 0 N–H and O–H groups in total. The van der Waals surface area contributed by atoms with Crippen LogP contribution in [0.3, 0.4) is 0 Å². The molecular formula is C66H61BN2. The minimum Gasteiger partial charge on any atom is -0.311 e. The van der Waals surface area contributed by atoms with Crippen molar-refractivity contribution in [1.82, 2.24) is 0 Å². The fraction of sp³-hybridized carbons (Fsp3) is 0.212. The molecule has 0 bridgehead atoms. The molecule has 3 heteroatoms. The summed E-state index contributed by atoms with van der Waals surface area (Å²) in [7, 11) is 0. The first-order valence-corrected chi connectivity index (χ1v) is 25.2. The van der Waals surface area contributed by atoms with Crippen molar-refractivity contribution in [2.24, 2.45) is 0 Å². The summed E-state index contributed by atoms with van der Waals surface area (Å²) in [4.78, 5) is 5.24. The van der Waals surface area contributed by atoms with Crippen LogP contribution in [0.5, 0.6) is 0 Å². The van der Waals surface area contributed by atoms with E-state index in [9.17, 15) is 0 Å². The topological polar surface area (TPSA) is 6.48 Å². The Bertz CT molecular complexity index is 3580. The van der Waals surface area contributed by atoms with Crippen LogP contribution in [0.1, 0.15) is 103 Å². The van der Waals surface area contributed by atoms with Gasteiger partial charge in [0.15, 0.2) is 0 Å². The van der Waals surface area contributed by atoms with Gasteiger partial charge in [0.2, 0.25) is 0 Å². The third kappa shape index (κ3) is 6.99. The van der Waals surface area contributed by atoms with Gasteiger partial charge in [-0.05, 0) is 171 Å². The molecule has 12 rings (SSSR count). The zero-order chi connectivity index (χ0) is 47.7. The van der Waals surface area contributed by atoms with E-state index in [0.29, 0.717) is 11.8 Å². The molecule has 2 heterocycles. The van der Waals surface area contributed by atoms with E-state index in [-0.39, 0.29) is 17.5 Å². The van der Waals surface area contributed by atoms with Crippen molar-refractivity contribution < 1.29 is 0 Å². The summed E-state index contributed by atoms with van der Waals surface area (Å²) >= 11 is 0. The highest BCUT2D eigenvalue weighted by atomic mass is 15.2. The van der Waals surface area contributed by atoms with Crippen molar-refractivity contribution in [2.45, 2.75) is 91.9 Å². The quantitative estimate of drug-likeness (QED) is 0.121. The van der Waals surface area contributed by atoms with E-state index in [1.54, 1.807) is 0 Å². The molecule has 0 spiro atoms. The number of hydrogen-bond acceptors (Lipinski definition) is 2. The van der Waals surface area contributed by atoms with Gasteiger partial charge in [0.25, 0.3) is 6.71 Å². The van der Waals surface area contributed by atoms with Gasteiger partial charge >= 0.3 is 0 Å². The molecule has 0 aromatic heterocycles. The van der Waals surface area contributed by atoms with E-state index >= 15 is 0 Å². The molecule has 10 aromatic carbocycles. The van der Waals surface area contributed by atoms with Gasteiger partial charge in [0.05, 0.1) is 5.69 Å². The van der Waals surface area contributed by atoms with Crippen LogP contribution in [-0.2, 0) is 10.8 Å². The van der Waals surface area contributed by atoms with Crippen molar-refractivity contribution in [1.29, 1.82) is 0 Å². The number of rotatable bonds is 6. The van der Waals surface area contributed by atoms with Gasteiger partial charge in [0.1, 0.15) is 0 Å². The van der Waals surface area contributed by atoms with E-state index in [2.05, 4.69) is 255 Å². The van der Waals surface area contributed by atoms with Crippen LogP contribution >= 0.6 is 0 Å². The maximum absolute atomic E-state index is 2.66. The first-order valence-electron chi connectivity index (χ1n) is 25.2. The molecule has 0 aliphatic carbocycles. The van der Waals surface area contributed by atoms with E-state index in [0.717, 1.165) is 5.69 Å². The van der Waals surface area contributed by atoms with Crippen molar-refractivity contribution >= 4 is 89.5 Å². The average molecular weight is 893 g/mol. The van der Waals surface area contributed by atoms with Gasteiger partial charge in [-0.3, -0.25) is 0 Å². The number of hydrogen-bond donors (Lipinski definition) is 0. The predicted octanol–water partition coefficient (Wildman–Crippen LogP) is 16.8. The smallest absolute Gasteiger partial charge is 0.252 e. The summed E-state index contributed by atoms with van der Waals surface area (Å²) in [6.45, 7) is 23.5. The number of fused-ring (bicyclic) bond motifs is 4. The molecule has 0 atom stereocenters. The van der Waals surface area contributed by atoms with Gasteiger partial charge in [-0.25, -0.2) is 0 Å². The molecule has 0 unspecified atom stereocenters. The number of anilines is 6. The minimum absolute atomic E-state index is 0.0255. The number of benzene rings is 10. The van der Waals surface area contributed by atoms with E-state index in [1.807, 2.05) is 0 Å². The maximum Gasteiger partial charge on any atom is 0.252 e. The van der Waals surface area contributed by atoms with Crippen molar-refractivity contribution in [3.8, 4) is 22.3 Å². The molecular weight excluding hydrogens is 832 g/mol. The predicted molar refractivity (Wildman–Crippen MR) is 301 cm³/mol. The molecule has 2 aliphatic heterocycles. The summed E-state index contributed by atoms with van der Waals surface area (Å²) in [6, 6.07) is 68.0. The second-order valence-corrected chi connectivity index (χ2v) is 22.6. The van der Waals surface area contributed by atoms with Crippen LogP contribution in [0.2, 0.25) is 0 Å². The monoisotopic (exact) mass is 892 g/mol. The summed E-state index contributed by atoms with van der Waals surface area (Å²) in [5, 5.41) is 7.84. The molecule has 0 saturated carbocycles. The van der Waals surface area contributed by atoms with Crippen LogP contribution in [0.4, 0.5) is 34.1 Å². The Morgan fingerprint density at radius 1 is 0.377 bits per heavy atom. The first-order chi connectivity index (χ1) is 33.1. The standard InChI is InChI=1S/C66H61BN2/c1-40(2)46-25-30-58-55(35-46)67-56-36-47(41(3)4)26-31-59(56)69(61-39-52(66(8,9)10)38-60(64(61)67)68(58)53-28-23-43(24-29-53)42-15-12-11-13-16-42)57-32-27-51(65(5,6)7)37-54(57)50-33-48-21-19-44-17-14-18-45-20-22-49(34-50)63(48)62(44)45/h11-41H,1-10H3. The molecule has 0 amide bonds. The van der Waals surface area contributed by atoms with Crippen molar-refractivity contribution in [3.05, 3.63) is 198 Å². The Labute approximate surface area is 409 Å². The highest BCUT2D eigenvalue weighted by Crippen LogP contribution is 2.50. The molecule has 69 heavy (non-hydrogen) atoms. The fourth-order valence-corrected chi connectivity index (χ4v) is 11.5. The highest BCUT2D eigenvalue weighted by molar-refractivity contribution is 7.00. The van der Waals surface area contributed by atoms with Crippen LogP contribution in [0.25, 0.3) is 54.6 Å². The lowest BCUT2D eigenvalue weighted by Crippen LogP contribution is -2.61. The Balaban J connectivity index is 1.17. The van der Waals surface area contributed by atoms with Gasteiger partial charge in [-0.15, -0.1) is 0 Å². The Hall–Kier alpha value is -7.10. The molecule has 338 valence electrons. The average Bonchev–Trinajstić information content (AvgIpc) is 3.34. The first kappa shape index (κ1) is 43.2. The lowest BCUT2D eigenvalue weighted by molar-refractivity contribution is 0.590. The molecule has 0 radical (unpaired) electrons. The fourth-order valence-electron chi connectivity index (χ4n) is 11.5. The summed E-state index contributed by atoms with van der Waals surface area (Å²) in [5.41, 5.74) is 21.5. The third-order valence-electron chi connectivity index (χ3n) is 15.4. The van der Waals surface area contributed by atoms with Crippen LogP contribution < -0.4 is 26.2 Å². The van der Waals surface area contributed by atoms with Crippen LogP contribution in [0, 0.1) is 0 Å².